The number of hydrogen-bond acceptors (Lipinski definition) is 3. The normalized spacial score (nSPS) is 36.1. The molecule has 0 spiro atoms. The molecule has 0 radical (unpaired) electrons. The minimum atomic E-state index is -2.91. The highest BCUT2D eigenvalue weighted by Crippen LogP contribution is 2.63. The van der Waals surface area contributed by atoms with Gasteiger partial charge in [-0.2, -0.15) is 0 Å². The molecule has 2 aliphatic rings. The highest BCUT2D eigenvalue weighted by molar-refractivity contribution is 7.91. The molecule has 0 aliphatic heterocycles. The van der Waals surface area contributed by atoms with Crippen LogP contribution < -0.4 is 5.32 Å². The molecular weight excluding hydrogens is 234 g/mol. The van der Waals surface area contributed by atoms with Gasteiger partial charge < -0.3 is 5.32 Å². The van der Waals surface area contributed by atoms with E-state index < -0.39 is 9.84 Å². The standard InChI is InChI=1S/C13H25NO2S/c1-12(2)11(13(12,3)4)14-9-7-6-8-10(9)17(5,15)16/h9-11,14H,6-8H2,1-5H3. The van der Waals surface area contributed by atoms with Gasteiger partial charge in [0, 0.05) is 18.3 Å². The van der Waals surface area contributed by atoms with Crippen molar-refractivity contribution in [1.82, 2.24) is 5.32 Å². The van der Waals surface area contributed by atoms with E-state index in [9.17, 15) is 8.42 Å². The molecule has 0 aromatic rings. The van der Waals surface area contributed by atoms with E-state index in [1.807, 2.05) is 0 Å². The Hall–Kier alpha value is -0.0900. The van der Waals surface area contributed by atoms with Crippen LogP contribution in [-0.2, 0) is 9.84 Å². The second-order valence-corrected chi connectivity index (χ2v) is 9.21. The molecule has 100 valence electrons. The number of hydrogen-bond donors (Lipinski definition) is 1. The predicted molar refractivity (Wildman–Crippen MR) is 70.8 cm³/mol. The van der Waals surface area contributed by atoms with E-state index in [1.54, 1.807) is 0 Å². The van der Waals surface area contributed by atoms with E-state index >= 15 is 0 Å². The van der Waals surface area contributed by atoms with Crippen molar-refractivity contribution in [2.24, 2.45) is 10.8 Å². The molecule has 2 fully saturated rings. The highest BCUT2D eigenvalue weighted by atomic mass is 32.2. The van der Waals surface area contributed by atoms with Crippen LogP contribution in [-0.4, -0.2) is 32.0 Å². The van der Waals surface area contributed by atoms with Crippen LogP contribution in [0.15, 0.2) is 0 Å². The Labute approximate surface area is 105 Å². The lowest BCUT2D eigenvalue weighted by atomic mass is 10.0. The molecule has 0 bridgehead atoms. The molecule has 2 rings (SSSR count). The van der Waals surface area contributed by atoms with Gasteiger partial charge in [-0.15, -0.1) is 0 Å². The van der Waals surface area contributed by atoms with Crippen LogP contribution in [0.5, 0.6) is 0 Å². The number of sulfone groups is 1. The summed E-state index contributed by atoms with van der Waals surface area (Å²) < 4.78 is 23.5. The molecule has 0 aromatic heterocycles. The maximum Gasteiger partial charge on any atom is 0.151 e. The minimum absolute atomic E-state index is 0.163. The highest BCUT2D eigenvalue weighted by Gasteiger charge is 2.65. The van der Waals surface area contributed by atoms with Crippen molar-refractivity contribution in [1.29, 1.82) is 0 Å². The van der Waals surface area contributed by atoms with Crippen molar-refractivity contribution in [3.05, 3.63) is 0 Å². The Balaban J connectivity index is 2.06. The Morgan fingerprint density at radius 3 is 2.00 bits per heavy atom. The van der Waals surface area contributed by atoms with Crippen LogP contribution in [0.1, 0.15) is 47.0 Å². The molecule has 17 heavy (non-hydrogen) atoms. The lowest BCUT2D eigenvalue weighted by Gasteiger charge is -2.21. The molecule has 2 atom stereocenters. The van der Waals surface area contributed by atoms with Crippen LogP contribution in [0.3, 0.4) is 0 Å². The van der Waals surface area contributed by atoms with Crippen molar-refractivity contribution in [2.75, 3.05) is 6.26 Å². The maximum atomic E-state index is 11.7. The van der Waals surface area contributed by atoms with Crippen LogP contribution in [0.4, 0.5) is 0 Å². The second-order valence-electron chi connectivity index (χ2n) is 6.95. The van der Waals surface area contributed by atoms with Crippen molar-refractivity contribution in [3.63, 3.8) is 0 Å². The molecule has 0 amide bonds. The molecule has 2 saturated carbocycles. The minimum Gasteiger partial charge on any atom is -0.309 e. The van der Waals surface area contributed by atoms with E-state index in [-0.39, 0.29) is 22.1 Å². The van der Waals surface area contributed by atoms with Crippen molar-refractivity contribution >= 4 is 9.84 Å². The van der Waals surface area contributed by atoms with Gasteiger partial charge in [0.2, 0.25) is 0 Å². The molecule has 0 heterocycles. The zero-order valence-electron chi connectivity index (χ0n) is 11.6. The van der Waals surface area contributed by atoms with Crippen LogP contribution in [0.25, 0.3) is 0 Å². The van der Waals surface area contributed by atoms with Crippen LogP contribution in [0, 0.1) is 10.8 Å². The average Bonchev–Trinajstić information content (AvgIpc) is 2.57. The summed E-state index contributed by atoms with van der Waals surface area (Å²) in [5, 5.41) is 3.44. The SMILES string of the molecule is CC1(C)C(NC2CCCC2S(C)(=O)=O)C1(C)C. The fourth-order valence-electron chi connectivity index (χ4n) is 3.46. The third kappa shape index (κ3) is 2.03. The van der Waals surface area contributed by atoms with Gasteiger partial charge in [0.25, 0.3) is 0 Å². The van der Waals surface area contributed by atoms with Gasteiger partial charge in [-0.3, -0.25) is 0 Å². The van der Waals surface area contributed by atoms with Crippen molar-refractivity contribution in [2.45, 2.75) is 64.3 Å². The van der Waals surface area contributed by atoms with Gasteiger partial charge in [0.15, 0.2) is 9.84 Å². The molecule has 0 saturated heterocycles. The summed E-state index contributed by atoms with van der Waals surface area (Å²) in [6.07, 6.45) is 4.23. The van der Waals surface area contributed by atoms with Gasteiger partial charge in [0.1, 0.15) is 0 Å². The fraction of sp³-hybridized carbons (Fsp3) is 1.00. The largest absolute Gasteiger partial charge is 0.309 e. The molecule has 2 unspecified atom stereocenters. The van der Waals surface area contributed by atoms with E-state index in [2.05, 4.69) is 33.0 Å². The lowest BCUT2D eigenvalue weighted by Crippen LogP contribution is -2.42. The monoisotopic (exact) mass is 259 g/mol. The summed E-state index contributed by atoms with van der Waals surface area (Å²) in [6, 6.07) is 0.610. The van der Waals surface area contributed by atoms with Gasteiger partial charge in [-0.1, -0.05) is 34.1 Å². The molecular formula is C13H25NO2S. The summed E-state index contributed by atoms with van der Waals surface area (Å²) in [6.45, 7) is 9.04. The quantitative estimate of drug-likeness (QED) is 0.843. The topological polar surface area (TPSA) is 46.2 Å². The zero-order chi connectivity index (χ0) is 13.1. The number of rotatable bonds is 3. The van der Waals surface area contributed by atoms with Gasteiger partial charge >= 0.3 is 0 Å². The summed E-state index contributed by atoms with van der Waals surface area (Å²) >= 11 is 0. The summed E-state index contributed by atoms with van der Waals surface area (Å²) in [7, 11) is -2.91. The first-order valence-electron chi connectivity index (χ1n) is 6.53. The second kappa shape index (κ2) is 3.70. The van der Waals surface area contributed by atoms with E-state index in [1.165, 1.54) is 6.26 Å². The molecule has 3 nitrogen and oxygen atoms in total. The van der Waals surface area contributed by atoms with E-state index in [0.29, 0.717) is 6.04 Å². The Bertz CT molecular complexity index is 397. The third-order valence-electron chi connectivity index (χ3n) is 5.40. The van der Waals surface area contributed by atoms with E-state index in [0.717, 1.165) is 19.3 Å². The van der Waals surface area contributed by atoms with Crippen molar-refractivity contribution in [3.8, 4) is 0 Å². The fourth-order valence-corrected chi connectivity index (χ4v) is 4.86. The van der Waals surface area contributed by atoms with E-state index in [4.69, 9.17) is 0 Å². The molecule has 4 heteroatoms. The van der Waals surface area contributed by atoms with Gasteiger partial charge in [0.05, 0.1) is 5.25 Å². The van der Waals surface area contributed by atoms with Gasteiger partial charge in [-0.25, -0.2) is 8.42 Å². The predicted octanol–water partition coefficient (Wildman–Crippen LogP) is 1.98. The maximum absolute atomic E-state index is 11.7. The van der Waals surface area contributed by atoms with Crippen molar-refractivity contribution < 1.29 is 8.42 Å². The Morgan fingerprint density at radius 2 is 1.59 bits per heavy atom. The van der Waals surface area contributed by atoms with Gasteiger partial charge in [-0.05, 0) is 23.7 Å². The first kappa shape index (κ1) is 13.3. The zero-order valence-corrected chi connectivity index (χ0v) is 12.4. The molecule has 2 aliphatic carbocycles. The molecule has 1 N–H and O–H groups in total. The molecule has 0 aromatic carbocycles. The first-order chi connectivity index (χ1) is 7.58. The smallest absolute Gasteiger partial charge is 0.151 e. The van der Waals surface area contributed by atoms with Crippen LogP contribution in [0.2, 0.25) is 0 Å². The average molecular weight is 259 g/mol. The summed E-state index contributed by atoms with van der Waals surface area (Å²) in [5.74, 6) is 0. The summed E-state index contributed by atoms with van der Waals surface area (Å²) in [4.78, 5) is 0. The number of nitrogens with one attached hydrogen (secondary N) is 1. The van der Waals surface area contributed by atoms with Crippen LogP contribution >= 0.6 is 0 Å². The first-order valence-corrected chi connectivity index (χ1v) is 8.49. The lowest BCUT2D eigenvalue weighted by molar-refractivity contribution is 0.457. The third-order valence-corrected chi connectivity index (χ3v) is 7.07. The summed E-state index contributed by atoms with van der Waals surface area (Å²) in [5.41, 5.74) is 0.551. The Morgan fingerprint density at radius 1 is 1.06 bits per heavy atom. The Kier molecular flexibility index (Phi) is 2.91.